The summed E-state index contributed by atoms with van der Waals surface area (Å²) in [6.07, 6.45) is -4.52. The number of benzene rings is 2. The van der Waals surface area contributed by atoms with Crippen LogP contribution < -0.4 is 4.74 Å². The largest absolute Gasteiger partial charge is 0.489 e. The standard InChI is InChI=1S/C19H16F3N3O4S/c20-19(21,22)18-23-17(24-29-18)13-6-8-14(9-7-13)28-15-10-11-25(12-15)30(26,27)16-4-2-1-3-5-16/h1-9,15H,10-12H2/t15-/m1/s1. The molecule has 158 valence electrons. The third-order valence-corrected chi connectivity index (χ3v) is 6.45. The number of rotatable bonds is 5. The molecule has 1 atom stereocenters. The first kappa shape index (κ1) is 20.4. The Morgan fingerprint density at radius 1 is 1.07 bits per heavy atom. The molecule has 0 radical (unpaired) electrons. The molecular weight excluding hydrogens is 423 g/mol. The zero-order valence-corrected chi connectivity index (χ0v) is 16.2. The van der Waals surface area contributed by atoms with Gasteiger partial charge in [0.1, 0.15) is 11.9 Å². The Bertz CT molecular complexity index is 1120. The van der Waals surface area contributed by atoms with Gasteiger partial charge in [-0.2, -0.15) is 22.5 Å². The van der Waals surface area contributed by atoms with Gasteiger partial charge in [-0.05, 0) is 42.8 Å². The molecule has 0 N–H and O–H groups in total. The second-order valence-corrected chi connectivity index (χ2v) is 8.59. The lowest BCUT2D eigenvalue weighted by Gasteiger charge is -2.17. The Labute approximate surface area is 170 Å². The second kappa shape index (κ2) is 7.73. The monoisotopic (exact) mass is 439 g/mol. The van der Waals surface area contributed by atoms with Crippen LogP contribution in [-0.4, -0.2) is 42.1 Å². The molecule has 11 heteroatoms. The summed E-state index contributed by atoms with van der Waals surface area (Å²) in [6.45, 7) is 0.543. The van der Waals surface area contributed by atoms with Gasteiger partial charge in [-0.25, -0.2) is 8.42 Å². The fraction of sp³-hybridized carbons (Fsp3) is 0.263. The van der Waals surface area contributed by atoms with E-state index in [0.717, 1.165) is 0 Å². The number of ether oxygens (including phenoxy) is 1. The minimum absolute atomic E-state index is 0.185. The molecule has 4 rings (SSSR count). The van der Waals surface area contributed by atoms with Gasteiger partial charge in [-0.3, -0.25) is 0 Å². The number of hydrogen-bond donors (Lipinski definition) is 0. The second-order valence-electron chi connectivity index (χ2n) is 6.65. The number of aromatic nitrogens is 2. The predicted molar refractivity (Wildman–Crippen MR) is 99.0 cm³/mol. The highest BCUT2D eigenvalue weighted by Crippen LogP contribution is 2.30. The molecule has 0 aliphatic carbocycles. The summed E-state index contributed by atoms with van der Waals surface area (Å²) in [4.78, 5) is 3.56. The number of halogens is 3. The van der Waals surface area contributed by atoms with Crippen LogP contribution in [0.2, 0.25) is 0 Å². The Hall–Kier alpha value is -2.92. The fourth-order valence-electron chi connectivity index (χ4n) is 3.08. The van der Waals surface area contributed by atoms with E-state index in [0.29, 0.717) is 24.3 Å². The molecule has 0 amide bonds. The highest BCUT2D eigenvalue weighted by atomic mass is 32.2. The van der Waals surface area contributed by atoms with Crippen molar-refractivity contribution in [2.45, 2.75) is 23.6 Å². The molecule has 0 unspecified atom stereocenters. The highest BCUT2D eigenvalue weighted by Gasteiger charge is 2.38. The van der Waals surface area contributed by atoms with Gasteiger partial charge in [0.2, 0.25) is 15.8 Å². The van der Waals surface area contributed by atoms with E-state index in [1.165, 1.54) is 16.4 Å². The molecule has 7 nitrogen and oxygen atoms in total. The summed E-state index contributed by atoms with van der Waals surface area (Å²) in [7, 11) is -3.58. The first-order chi connectivity index (χ1) is 14.2. The normalized spacial score (nSPS) is 17.9. The van der Waals surface area contributed by atoms with E-state index in [2.05, 4.69) is 14.7 Å². The lowest BCUT2D eigenvalue weighted by atomic mass is 10.2. The van der Waals surface area contributed by atoms with Gasteiger partial charge in [0.25, 0.3) is 0 Å². The van der Waals surface area contributed by atoms with Gasteiger partial charge >= 0.3 is 12.1 Å². The van der Waals surface area contributed by atoms with Crippen LogP contribution in [0, 0.1) is 0 Å². The summed E-state index contributed by atoms with van der Waals surface area (Å²) in [5.41, 5.74) is 0.335. The van der Waals surface area contributed by atoms with E-state index >= 15 is 0 Å². The van der Waals surface area contributed by atoms with E-state index in [1.807, 2.05) is 0 Å². The SMILES string of the molecule is O=S(=O)(c1ccccc1)N1CC[C@@H](Oc2ccc(-c3noc(C(F)(F)F)n3)cc2)C1. The summed E-state index contributed by atoms with van der Waals surface area (Å²) in [6, 6.07) is 14.3. The van der Waals surface area contributed by atoms with Crippen LogP contribution >= 0.6 is 0 Å². The van der Waals surface area contributed by atoms with Crippen molar-refractivity contribution in [2.75, 3.05) is 13.1 Å². The first-order valence-electron chi connectivity index (χ1n) is 8.97. The molecule has 30 heavy (non-hydrogen) atoms. The molecule has 1 aromatic heterocycles. The van der Waals surface area contributed by atoms with Crippen molar-refractivity contribution < 1.29 is 30.8 Å². The lowest BCUT2D eigenvalue weighted by Crippen LogP contribution is -2.31. The molecule has 1 aliphatic rings. The molecule has 1 aliphatic heterocycles. The van der Waals surface area contributed by atoms with Crippen molar-refractivity contribution in [3.05, 3.63) is 60.5 Å². The Morgan fingerprint density at radius 2 is 1.77 bits per heavy atom. The van der Waals surface area contributed by atoms with Gasteiger partial charge in [0.15, 0.2) is 0 Å². The van der Waals surface area contributed by atoms with Crippen LogP contribution in [0.4, 0.5) is 13.2 Å². The average molecular weight is 439 g/mol. The van der Waals surface area contributed by atoms with E-state index in [1.54, 1.807) is 42.5 Å². The smallest absolute Gasteiger partial charge is 0.471 e. The van der Waals surface area contributed by atoms with E-state index in [9.17, 15) is 21.6 Å². The van der Waals surface area contributed by atoms with Crippen molar-refractivity contribution in [1.29, 1.82) is 0 Å². The molecular formula is C19H16F3N3O4S. The third-order valence-electron chi connectivity index (χ3n) is 4.57. The highest BCUT2D eigenvalue weighted by molar-refractivity contribution is 7.89. The quantitative estimate of drug-likeness (QED) is 0.604. The molecule has 3 aromatic rings. The van der Waals surface area contributed by atoms with Crippen molar-refractivity contribution in [3.63, 3.8) is 0 Å². The minimum atomic E-state index is -4.71. The summed E-state index contributed by atoms with van der Waals surface area (Å²) in [5.74, 6) is -1.14. The van der Waals surface area contributed by atoms with E-state index in [4.69, 9.17) is 4.74 Å². The Balaban J connectivity index is 1.40. The molecule has 1 fully saturated rings. The maximum Gasteiger partial charge on any atom is 0.471 e. The molecule has 0 bridgehead atoms. The molecule has 2 aromatic carbocycles. The van der Waals surface area contributed by atoms with E-state index < -0.39 is 22.1 Å². The van der Waals surface area contributed by atoms with Crippen molar-refractivity contribution >= 4 is 10.0 Å². The number of sulfonamides is 1. The zero-order chi connectivity index (χ0) is 21.4. The van der Waals surface area contributed by atoms with Crippen molar-refractivity contribution in [1.82, 2.24) is 14.4 Å². The lowest BCUT2D eigenvalue weighted by molar-refractivity contribution is -0.159. The molecule has 1 saturated heterocycles. The van der Waals surface area contributed by atoms with Crippen molar-refractivity contribution in [2.24, 2.45) is 0 Å². The summed E-state index contributed by atoms with van der Waals surface area (Å²) < 4.78 is 74.5. The maximum atomic E-state index is 12.7. The van der Waals surface area contributed by atoms with Gasteiger partial charge in [-0.1, -0.05) is 23.4 Å². The minimum Gasteiger partial charge on any atom is -0.489 e. The zero-order valence-electron chi connectivity index (χ0n) is 15.4. The van der Waals surface area contributed by atoms with Crippen LogP contribution in [0.15, 0.2) is 64.0 Å². The van der Waals surface area contributed by atoms with Crippen LogP contribution in [0.3, 0.4) is 0 Å². The maximum absolute atomic E-state index is 12.7. The number of alkyl halides is 3. The number of nitrogens with zero attached hydrogens (tertiary/aromatic N) is 3. The van der Waals surface area contributed by atoms with Gasteiger partial charge in [-0.15, -0.1) is 0 Å². The van der Waals surface area contributed by atoms with Crippen LogP contribution in [0.5, 0.6) is 5.75 Å². The van der Waals surface area contributed by atoms with Gasteiger partial charge < -0.3 is 9.26 Å². The molecule has 0 spiro atoms. The van der Waals surface area contributed by atoms with E-state index in [-0.39, 0.29) is 23.4 Å². The van der Waals surface area contributed by atoms with Crippen LogP contribution in [-0.2, 0) is 16.2 Å². The molecule has 2 heterocycles. The first-order valence-corrected chi connectivity index (χ1v) is 10.4. The fourth-order valence-corrected chi connectivity index (χ4v) is 4.59. The topological polar surface area (TPSA) is 85.5 Å². The Morgan fingerprint density at radius 3 is 2.40 bits per heavy atom. The Kier molecular flexibility index (Phi) is 5.24. The van der Waals surface area contributed by atoms with Gasteiger partial charge in [0.05, 0.1) is 11.4 Å². The number of hydrogen-bond acceptors (Lipinski definition) is 6. The summed E-state index contributed by atoms with van der Waals surface area (Å²) >= 11 is 0. The third kappa shape index (κ3) is 4.17. The average Bonchev–Trinajstić information content (AvgIpc) is 3.39. The van der Waals surface area contributed by atoms with Crippen LogP contribution in [0.1, 0.15) is 12.3 Å². The predicted octanol–water partition coefficient (Wildman–Crippen LogP) is 3.60. The van der Waals surface area contributed by atoms with Gasteiger partial charge in [0, 0.05) is 12.1 Å². The van der Waals surface area contributed by atoms with Crippen LogP contribution in [0.25, 0.3) is 11.4 Å². The molecule has 0 saturated carbocycles. The van der Waals surface area contributed by atoms with Crippen molar-refractivity contribution in [3.8, 4) is 17.1 Å². The summed E-state index contributed by atoms with van der Waals surface area (Å²) in [5, 5.41) is 3.33.